The van der Waals surface area contributed by atoms with Crippen molar-refractivity contribution < 1.29 is 20.2 Å². The van der Waals surface area contributed by atoms with E-state index in [0.717, 1.165) is 38.5 Å². The molecule has 0 heterocycles. The van der Waals surface area contributed by atoms with Gasteiger partial charge in [0, 0.05) is 12.8 Å². The molecule has 2 atom stereocenters. The van der Waals surface area contributed by atoms with Gasteiger partial charge in [0.05, 0.1) is 11.1 Å². The van der Waals surface area contributed by atoms with E-state index in [-0.39, 0.29) is 11.1 Å². The number of hydrogen-bond donors (Lipinski definition) is 1. The highest BCUT2D eigenvalue weighted by atomic mass is 127. The van der Waals surface area contributed by atoms with Gasteiger partial charge in [-0.25, -0.2) is 0 Å². The Kier molecular flexibility index (Phi) is 14.2. The normalized spacial score (nSPS) is 23.9. The van der Waals surface area contributed by atoms with E-state index in [1.54, 1.807) is 0 Å². The third-order valence-electron chi connectivity index (χ3n) is 5.27. The molecule has 2 aliphatic carbocycles. The molecule has 0 aromatic carbocycles. The van der Waals surface area contributed by atoms with Crippen LogP contribution in [0, 0.1) is 23.7 Å². The van der Waals surface area contributed by atoms with Crippen LogP contribution < -0.4 is 0 Å². The van der Waals surface area contributed by atoms with Crippen molar-refractivity contribution in [2.24, 2.45) is 0 Å². The van der Waals surface area contributed by atoms with Crippen molar-refractivity contribution in [1.82, 2.24) is 0 Å². The van der Waals surface area contributed by atoms with E-state index < -0.39 is 50.0 Å². The predicted octanol–water partition coefficient (Wildman–Crippen LogP) is 8.74. The molecule has 16 heteroatoms. The van der Waals surface area contributed by atoms with Gasteiger partial charge in [-0.05, 0) is 51.9 Å². The Hall–Kier alpha value is 4.74. The lowest BCUT2D eigenvalue weighted by molar-refractivity contribution is 0.266. The Bertz CT molecular complexity index is 840. The third kappa shape index (κ3) is 9.12. The first-order valence-electron chi connectivity index (χ1n) is 10.6. The summed E-state index contributed by atoms with van der Waals surface area (Å²) in [6.07, 6.45) is 5.50. The molecule has 0 saturated heterocycles. The molecule has 0 saturated carbocycles. The second kappa shape index (κ2) is 13.8. The molecule has 34 heavy (non-hydrogen) atoms. The molecule has 0 spiro atoms. The van der Waals surface area contributed by atoms with E-state index in [0.29, 0.717) is 0 Å². The van der Waals surface area contributed by atoms with Crippen LogP contribution in [-0.4, -0.2) is 34.4 Å². The van der Waals surface area contributed by atoms with Crippen LogP contribution in [0.2, 0.25) is 37.3 Å². The summed E-state index contributed by atoms with van der Waals surface area (Å²) < 4.78 is 32.0. The van der Waals surface area contributed by atoms with Crippen molar-refractivity contribution in [2.75, 3.05) is 0 Å². The summed E-state index contributed by atoms with van der Waals surface area (Å²) in [5.74, 6) is 11.3. The van der Waals surface area contributed by atoms with Crippen molar-refractivity contribution in [3.63, 3.8) is 0 Å². The summed E-state index contributed by atoms with van der Waals surface area (Å²) in [5, 5.41) is 0. The van der Waals surface area contributed by atoms with Gasteiger partial charge in [-0.15, -0.1) is 11.8 Å². The van der Waals surface area contributed by atoms with Gasteiger partial charge in [-0.1, -0.05) is 147 Å². The molecule has 0 radical (unpaired) electrons. The van der Waals surface area contributed by atoms with Gasteiger partial charge in [-0.2, -0.15) is 0 Å². The topological polar surface area (TPSA) is 65.0 Å². The maximum Gasteiger partial charge on any atom is 0.400 e. The van der Waals surface area contributed by atoms with Crippen LogP contribution >= 0.6 is 156 Å². The summed E-state index contributed by atoms with van der Waals surface area (Å²) in [7, 11) is -9.56. The summed E-state index contributed by atoms with van der Waals surface area (Å²) >= 11 is 12.7. The minimum Gasteiger partial charge on any atom is -0.427 e. The molecule has 0 fully saturated rings. The fourth-order valence-corrected chi connectivity index (χ4v) is 53.4. The van der Waals surface area contributed by atoms with Crippen LogP contribution in [-0.2, 0) is 15.4 Å². The van der Waals surface area contributed by atoms with Crippen LogP contribution in [0.4, 0.5) is 0 Å². The molecule has 2 aliphatic rings. The van der Waals surface area contributed by atoms with Gasteiger partial charge < -0.3 is 17.1 Å². The van der Waals surface area contributed by atoms with Gasteiger partial charge in [-0.3, -0.25) is 3.07 Å². The van der Waals surface area contributed by atoms with Crippen molar-refractivity contribution in [1.29, 1.82) is 0 Å². The standard InChI is InChI=1S/C18H27I7O5Si4/c1-31(2,25-26)28-32(3,4)29-33(15-11-7-5-8-12-15,16-13-9-6-10-14-16)30-34(27,17(19,20)21)18(22,23)24/h15-16,27H,5-7,9,11,13H2,1-4H3. The highest BCUT2D eigenvalue weighted by Crippen LogP contribution is 2.59. The van der Waals surface area contributed by atoms with Gasteiger partial charge in [0.15, 0.2) is -1.88 Å². The van der Waals surface area contributed by atoms with Gasteiger partial charge in [0.1, 0.15) is 20.4 Å². The minimum atomic E-state index is -3.48. The largest absolute Gasteiger partial charge is 0.427 e. The Morgan fingerprint density at radius 2 is 1.26 bits per heavy atom. The van der Waals surface area contributed by atoms with Crippen LogP contribution in [0.5, 0.6) is 0 Å². The molecule has 0 aliphatic heterocycles. The summed E-state index contributed by atoms with van der Waals surface area (Å²) in [5.41, 5.74) is -0.171. The molecule has 194 valence electrons. The van der Waals surface area contributed by atoms with E-state index in [1.165, 1.54) is 0 Å². The highest BCUT2D eigenvalue weighted by Gasteiger charge is 2.70. The first-order chi connectivity index (χ1) is 15.4. The van der Waals surface area contributed by atoms with Crippen molar-refractivity contribution in [2.45, 2.75) is 73.9 Å². The number of rotatable bonds is 11. The SMILES string of the molecule is C[Si](C)(O[Si](C)(C)I=O)O[Si](O[Si](O)(C(I)(I)I)C(I)(I)I)(C1C#CCCC1)C1C#CCCC1. The van der Waals surface area contributed by atoms with Crippen molar-refractivity contribution in [3.8, 4) is 23.7 Å². The maximum absolute atomic E-state index is 12.4. The first-order valence-corrected chi connectivity index (χ1v) is 30.6. The van der Waals surface area contributed by atoms with Gasteiger partial charge in [0.25, 0.3) is 5.81 Å². The average Bonchev–Trinajstić information content (AvgIpc) is 2.72. The average molecular weight is 1320 g/mol. The molecule has 0 aromatic rings. The number of alkyl halides is 6. The second-order valence-corrected chi connectivity index (χ2v) is 60.1. The Balaban J connectivity index is 2.75. The van der Waals surface area contributed by atoms with E-state index in [4.69, 9.17) is 12.3 Å². The first kappa shape index (κ1) is 34.9. The molecular weight excluding hydrogens is 1300 g/mol. The third-order valence-corrected chi connectivity index (χ3v) is 37.9. The highest BCUT2D eigenvalue weighted by molar-refractivity contribution is 14.3. The van der Waals surface area contributed by atoms with Crippen molar-refractivity contribution >= 4 is 187 Å². The zero-order valence-corrected chi connectivity index (χ0v) is 38.2. The molecule has 0 aromatic heterocycles. The fourth-order valence-electron chi connectivity index (χ4n) is 3.99. The fraction of sp³-hybridized carbons (Fsp3) is 0.778. The molecular formula is C18H27I7O5Si4. The molecule has 2 unspecified atom stereocenters. The lowest BCUT2D eigenvalue weighted by Crippen LogP contribution is -2.71. The quantitative estimate of drug-likeness (QED) is 0.0738. The van der Waals surface area contributed by atoms with E-state index in [1.807, 2.05) is 26.2 Å². The zero-order chi connectivity index (χ0) is 26.1. The smallest absolute Gasteiger partial charge is 0.400 e. The van der Waals surface area contributed by atoms with Gasteiger partial charge >= 0.3 is 25.7 Å². The van der Waals surface area contributed by atoms with Crippen LogP contribution in [0.1, 0.15) is 38.5 Å². The van der Waals surface area contributed by atoms with Crippen LogP contribution in [0.15, 0.2) is 0 Å². The monoisotopic (exact) mass is 1320 g/mol. The molecule has 2 rings (SSSR count). The lowest BCUT2D eigenvalue weighted by atomic mass is 10.1. The lowest BCUT2D eigenvalue weighted by Gasteiger charge is -2.51. The number of hydrogen-bond acceptors (Lipinski definition) is 5. The summed E-state index contributed by atoms with van der Waals surface area (Å²) in [4.78, 5) is 12.4. The summed E-state index contributed by atoms with van der Waals surface area (Å²) in [6, 6.07) is 0. The molecule has 5 nitrogen and oxygen atoms in total. The van der Waals surface area contributed by atoms with Crippen LogP contribution in [0.3, 0.4) is 0 Å². The van der Waals surface area contributed by atoms with E-state index in [9.17, 15) is 7.86 Å². The minimum absolute atomic E-state index is 0.0853. The Morgan fingerprint density at radius 3 is 1.59 bits per heavy atom. The van der Waals surface area contributed by atoms with Crippen LogP contribution in [0.25, 0.3) is 0 Å². The zero-order valence-electron chi connectivity index (χ0n) is 19.1. The molecule has 1 N–H and O–H groups in total. The molecule has 0 bridgehead atoms. The Labute approximate surface area is 299 Å². The second-order valence-electron chi connectivity index (χ2n) is 9.04. The number of halogens is 7. The van der Waals surface area contributed by atoms with Gasteiger partial charge in [0.2, 0.25) is 0 Å². The Morgan fingerprint density at radius 1 is 0.824 bits per heavy atom. The molecule has 0 amide bonds. The van der Waals surface area contributed by atoms with Crippen molar-refractivity contribution in [3.05, 3.63) is 0 Å². The van der Waals surface area contributed by atoms with E-state index in [2.05, 4.69) is 159 Å². The predicted molar refractivity (Wildman–Crippen MR) is 207 cm³/mol. The summed E-state index contributed by atoms with van der Waals surface area (Å²) in [6.45, 7) is 8.07. The van der Waals surface area contributed by atoms with E-state index >= 15 is 0 Å². The maximum atomic E-state index is 12.4.